The van der Waals surface area contributed by atoms with Gasteiger partial charge < -0.3 is 11.1 Å². The first-order valence-electron chi connectivity index (χ1n) is 6.54. The van der Waals surface area contributed by atoms with Crippen LogP contribution in [0.25, 0.3) is 0 Å². The number of hydrogen-bond acceptors (Lipinski definition) is 2. The number of nitrogens with two attached hydrogens (primary N) is 1. The van der Waals surface area contributed by atoms with Crippen LogP contribution in [0.1, 0.15) is 36.0 Å². The molecule has 1 saturated carbocycles. The van der Waals surface area contributed by atoms with Gasteiger partial charge in [0.2, 0.25) is 5.91 Å². The molecule has 0 heterocycles. The summed E-state index contributed by atoms with van der Waals surface area (Å²) in [7, 11) is 0. The summed E-state index contributed by atoms with van der Waals surface area (Å²) in [6.45, 7) is 0. The molecule has 2 rings (SSSR count). The fraction of sp³-hybridized carbons (Fsp3) is 0.429. The lowest BCUT2D eigenvalue weighted by molar-refractivity contribution is -0.123. The number of rotatable bonds is 3. The van der Waals surface area contributed by atoms with Gasteiger partial charge in [-0.2, -0.15) is 0 Å². The Balaban J connectivity index is 2.09. The van der Waals surface area contributed by atoms with Gasteiger partial charge in [0, 0.05) is 11.6 Å². The number of amides is 2. The summed E-state index contributed by atoms with van der Waals surface area (Å²) >= 11 is 5.65. The van der Waals surface area contributed by atoms with Crippen molar-refractivity contribution in [2.24, 2.45) is 11.7 Å². The van der Waals surface area contributed by atoms with Crippen LogP contribution in [-0.2, 0) is 4.79 Å². The van der Waals surface area contributed by atoms with Gasteiger partial charge in [-0.3, -0.25) is 9.59 Å². The van der Waals surface area contributed by atoms with Crippen LogP contribution >= 0.6 is 11.6 Å². The highest BCUT2D eigenvalue weighted by Gasteiger charge is 2.30. The molecule has 3 N–H and O–H groups in total. The summed E-state index contributed by atoms with van der Waals surface area (Å²) < 4.78 is 13.1. The van der Waals surface area contributed by atoms with E-state index in [9.17, 15) is 14.0 Å². The van der Waals surface area contributed by atoms with E-state index in [0.29, 0.717) is 12.8 Å². The number of hydrogen-bond donors (Lipinski definition) is 2. The molecule has 1 fully saturated rings. The van der Waals surface area contributed by atoms with Crippen molar-refractivity contribution in [1.82, 2.24) is 5.32 Å². The zero-order valence-corrected chi connectivity index (χ0v) is 11.6. The van der Waals surface area contributed by atoms with Crippen molar-refractivity contribution in [2.45, 2.75) is 31.7 Å². The van der Waals surface area contributed by atoms with E-state index in [1.54, 1.807) is 0 Å². The van der Waals surface area contributed by atoms with Crippen LogP contribution in [0, 0.1) is 11.7 Å². The molecule has 2 atom stereocenters. The van der Waals surface area contributed by atoms with Crippen LogP contribution in [0.15, 0.2) is 18.2 Å². The molecule has 1 aliphatic carbocycles. The summed E-state index contributed by atoms with van der Waals surface area (Å²) in [6, 6.07) is 3.51. The number of carbonyl (C=O) groups excluding carboxylic acids is 2. The lowest BCUT2D eigenvalue weighted by Crippen LogP contribution is -2.47. The molecule has 0 saturated heterocycles. The topological polar surface area (TPSA) is 72.2 Å². The first-order valence-corrected chi connectivity index (χ1v) is 6.92. The average Bonchev–Trinajstić information content (AvgIpc) is 2.42. The Labute approximate surface area is 121 Å². The highest BCUT2D eigenvalue weighted by molar-refractivity contribution is 6.31. The van der Waals surface area contributed by atoms with Gasteiger partial charge in [0.15, 0.2) is 0 Å². The van der Waals surface area contributed by atoms with E-state index in [-0.39, 0.29) is 28.5 Å². The minimum atomic E-state index is -0.573. The smallest absolute Gasteiger partial charge is 0.251 e. The molecule has 108 valence electrons. The van der Waals surface area contributed by atoms with Gasteiger partial charge in [0.25, 0.3) is 5.91 Å². The van der Waals surface area contributed by atoms with E-state index >= 15 is 0 Å². The van der Waals surface area contributed by atoms with E-state index in [0.717, 1.165) is 18.9 Å². The summed E-state index contributed by atoms with van der Waals surface area (Å²) in [5.41, 5.74) is 5.62. The molecule has 20 heavy (non-hydrogen) atoms. The van der Waals surface area contributed by atoms with Crippen molar-refractivity contribution in [3.8, 4) is 0 Å². The average molecular weight is 299 g/mol. The number of benzene rings is 1. The number of carbonyl (C=O) groups is 2. The summed E-state index contributed by atoms with van der Waals surface area (Å²) in [6.07, 6.45) is 3.28. The van der Waals surface area contributed by atoms with E-state index in [2.05, 4.69) is 5.32 Å². The minimum absolute atomic E-state index is 0.104. The van der Waals surface area contributed by atoms with Crippen LogP contribution in [0.4, 0.5) is 4.39 Å². The van der Waals surface area contributed by atoms with Crippen molar-refractivity contribution >= 4 is 23.4 Å². The first kappa shape index (κ1) is 14.8. The van der Waals surface area contributed by atoms with Crippen LogP contribution in [0.3, 0.4) is 0 Å². The molecule has 0 spiro atoms. The SMILES string of the molecule is NC(=O)C1CCCCC1NC(=O)c1ccc(F)c(Cl)c1. The molecule has 0 aromatic heterocycles. The predicted molar refractivity (Wildman–Crippen MR) is 73.8 cm³/mol. The van der Waals surface area contributed by atoms with Gasteiger partial charge in [0.05, 0.1) is 10.9 Å². The molecule has 2 unspecified atom stereocenters. The Bertz CT molecular complexity index is 536. The quantitative estimate of drug-likeness (QED) is 0.898. The molecule has 4 nitrogen and oxygen atoms in total. The lowest BCUT2D eigenvalue weighted by atomic mass is 9.84. The standard InChI is InChI=1S/C14H16ClFN2O2/c15-10-7-8(5-6-11(10)16)14(20)18-12-4-2-1-3-9(12)13(17)19/h5-7,9,12H,1-4H2,(H2,17,19)(H,18,20). The zero-order chi connectivity index (χ0) is 14.7. The molecule has 1 aliphatic rings. The summed E-state index contributed by atoms with van der Waals surface area (Å²) in [4.78, 5) is 23.5. The Kier molecular flexibility index (Phi) is 4.60. The van der Waals surface area contributed by atoms with Crippen molar-refractivity contribution < 1.29 is 14.0 Å². The second-order valence-corrected chi connectivity index (χ2v) is 5.41. The molecule has 2 amide bonds. The summed E-state index contributed by atoms with van der Waals surface area (Å²) in [5.74, 6) is -1.68. The minimum Gasteiger partial charge on any atom is -0.369 e. The van der Waals surface area contributed by atoms with Gasteiger partial charge in [-0.1, -0.05) is 24.4 Å². The van der Waals surface area contributed by atoms with Crippen LogP contribution in [0.5, 0.6) is 0 Å². The highest BCUT2D eigenvalue weighted by atomic mass is 35.5. The normalized spacial score (nSPS) is 22.3. The Morgan fingerprint density at radius 2 is 2.00 bits per heavy atom. The van der Waals surface area contributed by atoms with Gasteiger partial charge in [-0.25, -0.2) is 4.39 Å². The summed E-state index contributed by atoms with van der Waals surface area (Å²) in [5, 5.41) is 2.69. The fourth-order valence-electron chi connectivity index (χ4n) is 2.53. The van der Waals surface area contributed by atoms with Gasteiger partial charge in [-0.15, -0.1) is 0 Å². The third-order valence-electron chi connectivity index (χ3n) is 3.63. The molecular weight excluding hydrogens is 283 g/mol. The monoisotopic (exact) mass is 298 g/mol. The number of nitrogens with one attached hydrogen (secondary N) is 1. The van der Waals surface area contributed by atoms with Crippen LogP contribution in [-0.4, -0.2) is 17.9 Å². The maximum atomic E-state index is 13.1. The Morgan fingerprint density at radius 3 is 2.65 bits per heavy atom. The van der Waals surface area contributed by atoms with Gasteiger partial charge >= 0.3 is 0 Å². The second kappa shape index (κ2) is 6.22. The Hall–Kier alpha value is -1.62. The maximum absolute atomic E-state index is 13.1. The molecule has 1 aromatic carbocycles. The van der Waals surface area contributed by atoms with Gasteiger partial charge in [-0.05, 0) is 31.0 Å². The van der Waals surface area contributed by atoms with E-state index in [4.69, 9.17) is 17.3 Å². The second-order valence-electron chi connectivity index (χ2n) is 5.00. The molecule has 0 aliphatic heterocycles. The number of primary amides is 1. The van der Waals surface area contributed by atoms with Crippen molar-refractivity contribution in [1.29, 1.82) is 0 Å². The molecule has 0 radical (unpaired) electrons. The van der Waals surface area contributed by atoms with Gasteiger partial charge in [0.1, 0.15) is 5.82 Å². The van der Waals surface area contributed by atoms with E-state index in [1.165, 1.54) is 12.1 Å². The zero-order valence-electron chi connectivity index (χ0n) is 10.9. The maximum Gasteiger partial charge on any atom is 0.251 e. The third-order valence-corrected chi connectivity index (χ3v) is 3.92. The molecule has 6 heteroatoms. The first-order chi connectivity index (χ1) is 9.49. The molecule has 1 aromatic rings. The fourth-order valence-corrected chi connectivity index (χ4v) is 2.71. The highest BCUT2D eigenvalue weighted by Crippen LogP contribution is 2.25. The number of halogens is 2. The van der Waals surface area contributed by atoms with E-state index in [1.807, 2.05) is 0 Å². The van der Waals surface area contributed by atoms with Crippen LogP contribution < -0.4 is 11.1 Å². The van der Waals surface area contributed by atoms with Crippen molar-refractivity contribution in [3.05, 3.63) is 34.6 Å². The van der Waals surface area contributed by atoms with Crippen molar-refractivity contribution in [3.63, 3.8) is 0 Å². The van der Waals surface area contributed by atoms with E-state index < -0.39 is 11.7 Å². The predicted octanol–water partition coefficient (Wildman–Crippen LogP) is 2.25. The largest absolute Gasteiger partial charge is 0.369 e. The molecule has 0 bridgehead atoms. The van der Waals surface area contributed by atoms with Crippen LogP contribution in [0.2, 0.25) is 5.02 Å². The lowest BCUT2D eigenvalue weighted by Gasteiger charge is -2.30. The molecular formula is C14H16ClFN2O2. The Morgan fingerprint density at radius 1 is 1.30 bits per heavy atom. The van der Waals surface area contributed by atoms with Crippen molar-refractivity contribution in [2.75, 3.05) is 0 Å². The third kappa shape index (κ3) is 3.28.